The van der Waals surface area contributed by atoms with Crippen molar-refractivity contribution in [3.63, 3.8) is 0 Å². The van der Waals surface area contributed by atoms with E-state index in [1.165, 1.54) is 18.4 Å². The van der Waals surface area contributed by atoms with Crippen LogP contribution in [0.1, 0.15) is 44.1 Å². The predicted octanol–water partition coefficient (Wildman–Crippen LogP) is 5.49. The quantitative estimate of drug-likeness (QED) is 0.494. The highest BCUT2D eigenvalue weighted by Crippen LogP contribution is 2.48. The number of furan rings is 1. The number of ketones is 1. The van der Waals surface area contributed by atoms with Crippen molar-refractivity contribution < 1.29 is 22.8 Å². The third-order valence-corrected chi connectivity index (χ3v) is 6.62. The molecular weight excluding hydrogens is 464 g/mol. The summed E-state index contributed by atoms with van der Waals surface area (Å²) < 4.78 is 34.5. The number of carbonyl (C=O) groups is 2. The first-order valence-electron chi connectivity index (χ1n) is 11.8. The van der Waals surface area contributed by atoms with Crippen LogP contribution in [0.2, 0.25) is 0 Å². The first-order valence-corrected chi connectivity index (χ1v) is 11.8. The van der Waals surface area contributed by atoms with Crippen LogP contribution >= 0.6 is 0 Å². The van der Waals surface area contributed by atoms with E-state index in [1.807, 2.05) is 38.1 Å². The minimum atomic E-state index is -0.922. The van der Waals surface area contributed by atoms with Gasteiger partial charge >= 0.3 is 0 Å². The molecule has 8 heteroatoms. The second kappa shape index (κ2) is 9.26. The van der Waals surface area contributed by atoms with Crippen molar-refractivity contribution >= 4 is 23.1 Å². The van der Waals surface area contributed by atoms with Gasteiger partial charge in [-0.25, -0.2) is 8.78 Å². The summed E-state index contributed by atoms with van der Waals surface area (Å²) in [5, 5.41) is 6.24. The SMILES string of the molecule is CC1(C)CC(=O)C2=C(C1)Nc1ccccc1N(CC(=O)NCc1ccco1)C2c1ccc(F)cc1F. The molecule has 3 aromatic rings. The van der Waals surface area contributed by atoms with Gasteiger partial charge in [0.25, 0.3) is 0 Å². The summed E-state index contributed by atoms with van der Waals surface area (Å²) >= 11 is 0. The lowest BCUT2D eigenvalue weighted by molar-refractivity contribution is -0.121. The second-order valence-corrected chi connectivity index (χ2v) is 10.0. The zero-order chi connectivity index (χ0) is 25.4. The lowest BCUT2D eigenvalue weighted by Gasteiger charge is -2.38. The number of hydrogen-bond acceptors (Lipinski definition) is 5. The number of nitrogens with one attached hydrogen (secondary N) is 2. The van der Waals surface area contributed by atoms with Crippen LogP contribution in [0.4, 0.5) is 20.2 Å². The zero-order valence-corrected chi connectivity index (χ0v) is 20.1. The standard InChI is InChI=1S/C28H27F2N3O3/c1-28(2)13-22-26(24(34)14-28)27(19-10-9-17(29)12-20(19)30)33(23-8-4-3-7-21(23)32-22)16-25(35)31-15-18-6-5-11-36-18/h3-12,27,32H,13-16H2,1-2H3,(H,31,35). The Labute approximate surface area is 208 Å². The topological polar surface area (TPSA) is 74.6 Å². The number of halogens is 2. The number of Topliss-reactive ketones (excluding diaryl/α,β-unsaturated/α-hetero) is 1. The molecule has 0 saturated carbocycles. The third kappa shape index (κ3) is 4.63. The lowest BCUT2D eigenvalue weighted by atomic mass is 9.73. The molecule has 0 bridgehead atoms. The first-order chi connectivity index (χ1) is 17.2. The predicted molar refractivity (Wildman–Crippen MR) is 132 cm³/mol. The average molecular weight is 492 g/mol. The summed E-state index contributed by atoms with van der Waals surface area (Å²) in [5.74, 6) is -1.35. The minimum absolute atomic E-state index is 0.128. The lowest BCUT2D eigenvalue weighted by Crippen LogP contribution is -2.42. The van der Waals surface area contributed by atoms with Crippen LogP contribution < -0.4 is 15.5 Å². The Kier molecular flexibility index (Phi) is 6.12. The molecule has 0 fully saturated rings. The van der Waals surface area contributed by atoms with Crippen LogP contribution in [-0.4, -0.2) is 18.2 Å². The van der Waals surface area contributed by atoms with Gasteiger partial charge < -0.3 is 20.0 Å². The molecule has 5 rings (SSSR count). The summed E-state index contributed by atoms with van der Waals surface area (Å²) in [6.45, 7) is 4.06. The molecule has 1 unspecified atom stereocenters. The van der Waals surface area contributed by atoms with Crippen molar-refractivity contribution in [2.45, 2.75) is 39.3 Å². The Hall–Kier alpha value is -3.94. The summed E-state index contributed by atoms with van der Waals surface area (Å²) in [6, 6.07) is 13.3. The number of benzene rings is 2. The minimum Gasteiger partial charge on any atom is -0.467 e. The number of nitrogens with zero attached hydrogens (tertiary/aromatic N) is 1. The Bertz CT molecular complexity index is 1350. The maximum absolute atomic E-state index is 15.3. The van der Waals surface area contributed by atoms with Crippen LogP contribution in [0.15, 0.2) is 76.5 Å². The van der Waals surface area contributed by atoms with E-state index in [0.717, 1.165) is 6.07 Å². The fraction of sp³-hybridized carbons (Fsp3) is 0.286. The maximum atomic E-state index is 15.3. The summed E-state index contributed by atoms with van der Waals surface area (Å²) in [6.07, 6.45) is 2.37. The number of anilines is 2. The van der Waals surface area contributed by atoms with Gasteiger partial charge in [0.2, 0.25) is 5.91 Å². The molecule has 36 heavy (non-hydrogen) atoms. The Morgan fingerprint density at radius 1 is 1.14 bits per heavy atom. The van der Waals surface area contributed by atoms with Crippen LogP contribution in [0.3, 0.4) is 0 Å². The van der Waals surface area contributed by atoms with E-state index < -0.39 is 17.7 Å². The molecule has 1 atom stereocenters. The molecule has 2 aromatic carbocycles. The van der Waals surface area contributed by atoms with Crippen molar-refractivity contribution in [3.8, 4) is 0 Å². The van der Waals surface area contributed by atoms with E-state index in [-0.39, 0.29) is 42.2 Å². The smallest absolute Gasteiger partial charge is 0.239 e. The molecular formula is C28H27F2N3O3. The molecule has 1 aliphatic carbocycles. The number of amides is 1. The highest BCUT2D eigenvalue weighted by molar-refractivity contribution is 6.01. The molecule has 2 heterocycles. The number of fused-ring (bicyclic) bond motifs is 1. The van der Waals surface area contributed by atoms with Gasteiger partial charge in [-0.05, 0) is 42.2 Å². The van der Waals surface area contributed by atoms with Gasteiger partial charge in [-0.2, -0.15) is 0 Å². The molecule has 1 aromatic heterocycles. The van der Waals surface area contributed by atoms with Gasteiger partial charge in [-0.15, -0.1) is 0 Å². The van der Waals surface area contributed by atoms with E-state index in [0.29, 0.717) is 34.8 Å². The highest BCUT2D eigenvalue weighted by atomic mass is 19.1. The molecule has 2 aliphatic rings. The van der Waals surface area contributed by atoms with Crippen LogP contribution in [0.5, 0.6) is 0 Å². The van der Waals surface area contributed by atoms with Gasteiger partial charge in [0, 0.05) is 29.3 Å². The van der Waals surface area contributed by atoms with Gasteiger partial charge in [-0.3, -0.25) is 9.59 Å². The van der Waals surface area contributed by atoms with Gasteiger partial charge in [-0.1, -0.05) is 32.0 Å². The normalized spacial score (nSPS) is 18.7. The summed E-state index contributed by atoms with van der Waals surface area (Å²) in [4.78, 5) is 28.4. The molecule has 2 N–H and O–H groups in total. The van der Waals surface area contributed by atoms with Gasteiger partial charge in [0.1, 0.15) is 17.4 Å². The van der Waals surface area contributed by atoms with Gasteiger partial charge in [0.05, 0.1) is 36.8 Å². The molecule has 186 valence electrons. The Morgan fingerprint density at radius 2 is 1.94 bits per heavy atom. The molecule has 6 nitrogen and oxygen atoms in total. The summed E-state index contributed by atoms with van der Waals surface area (Å²) in [5.41, 5.74) is 2.28. The van der Waals surface area contributed by atoms with Crippen molar-refractivity contribution in [3.05, 3.63) is 95.1 Å². The summed E-state index contributed by atoms with van der Waals surface area (Å²) in [7, 11) is 0. The van der Waals surface area contributed by atoms with E-state index >= 15 is 4.39 Å². The number of hydrogen-bond donors (Lipinski definition) is 2. The monoisotopic (exact) mass is 491 g/mol. The van der Waals surface area contributed by atoms with Crippen LogP contribution in [0, 0.1) is 17.0 Å². The van der Waals surface area contributed by atoms with E-state index in [9.17, 15) is 14.0 Å². The second-order valence-electron chi connectivity index (χ2n) is 10.0. The van der Waals surface area contributed by atoms with E-state index in [4.69, 9.17) is 4.42 Å². The maximum Gasteiger partial charge on any atom is 0.239 e. The van der Waals surface area contributed by atoms with Crippen LogP contribution in [-0.2, 0) is 16.1 Å². The van der Waals surface area contributed by atoms with Gasteiger partial charge in [0.15, 0.2) is 5.78 Å². The number of allylic oxidation sites excluding steroid dienone is 1. The van der Waals surface area contributed by atoms with E-state index in [2.05, 4.69) is 10.6 Å². The van der Waals surface area contributed by atoms with Crippen molar-refractivity contribution in [1.29, 1.82) is 0 Å². The Morgan fingerprint density at radius 3 is 2.69 bits per heavy atom. The Balaban J connectivity index is 1.63. The zero-order valence-electron chi connectivity index (χ0n) is 20.1. The average Bonchev–Trinajstić information content (AvgIpc) is 3.29. The first kappa shape index (κ1) is 23.8. The molecule has 0 saturated heterocycles. The number of para-hydroxylation sites is 2. The fourth-order valence-electron chi connectivity index (χ4n) is 5.08. The van der Waals surface area contributed by atoms with Crippen molar-refractivity contribution in [2.75, 3.05) is 16.8 Å². The molecule has 1 aliphatic heterocycles. The highest BCUT2D eigenvalue weighted by Gasteiger charge is 2.42. The largest absolute Gasteiger partial charge is 0.467 e. The van der Waals surface area contributed by atoms with Crippen molar-refractivity contribution in [2.24, 2.45) is 5.41 Å². The fourth-order valence-corrected chi connectivity index (χ4v) is 5.08. The molecule has 0 radical (unpaired) electrons. The third-order valence-electron chi connectivity index (χ3n) is 6.62. The van der Waals surface area contributed by atoms with Crippen LogP contribution in [0.25, 0.3) is 0 Å². The molecule has 0 spiro atoms. The molecule has 1 amide bonds. The van der Waals surface area contributed by atoms with E-state index in [1.54, 1.807) is 17.0 Å². The number of carbonyl (C=O) groups excluding carboxylic acids is 2. The number of rotatable bonds is 5. The van der Waals surface area contributed by atoms with Crippen molar-refractivity contribution in [1.82, 2.24) is 5.32 Å².